The Kier molecular flexibility index (Phi) is 5.15. The Morgan fingerprint density at radius 2 is 1.84 bits per heavy atom. The van der Waals surface area contributed by atoms with Gasteiger partial charge in [0.1, 0.15) is 23.6 Å². The van der Waals surface area contributed by atoms with Crippen molar-refractivity contribution < 1.29 is 14.5 Å². The van der Waals surface area contributed by atoms with Gasteiger partial charge in [-0.1, -0.05) is 23.2 Å². The summed E-state index contributed by atoms with van der Waals surface area (Å²) in [7, 11) is 0. The molecule has 1 aromatic heterocycles. The summed E-state index contributed by atoms with van der Waals surface area (Å²) in [4.78, 5) is 11.7. The van der Waals surface area contributed by atoms with E-state index in [1.165, 1.54) is 0 Å². The summed E-state index contributed by atoms with van der Waals surface area (Å²) < 4.78 is 17.3. The minimum atomic E-state index is -1.53. The molecule has 0 bridgehead atoms. The Hall–Kier alpha value is -1.86. The maximum absolute atomic E-state index is 12.6. The quantitative estimate of drug-likeness (QED) is 0.623. The molecule has 1 atom stereocenters. The van der Waals surface area contributed by atoms with Crippen molar-refractivity contribution in [1.29, 1.82) is 0 Å². The van der Waals surface area contributed by atoms with Crippen LogP contribution in [0.15, 0.2) is 47.4 Å². The van der Waals surface area contributed by atoms with E-state index < -0.39 is 17.3 Å². The number of hydrogen-bond acceptors (Lipinski definition) is 3. The molecule has 8 heteroatoms. The number of carbonyl (C=O) groups is 1. The molecule has 1 unspecified atom stereocenters. The SMILES string of the molecule is Cc1c(N[S+]([O-])c2ccc(Cl)cc2)c2cc(Cl)ccc2n1CC(=O)O. The van der Waals surface area contributed by atoms with E-state index in [0.29, 0.717) is 37.2 Å². The number of benzene rings is 2. The highest BCUT2D eigenvalue weighted by Gasteiger charge is 2.21. The van der Waals surface area contributed by atoms with Crippen LogP contribution in [-0.4, -0.2) is 20.2 Å². The molecule has 3 rings (SSSR count). The molecule has 3 aromatic rings. The van der Waals surface area contributed by atoms with Crippen molar-refractivity contribution in [3.05, 3.63) is 58.2 Å². The molecule has 0 radical (unpaired) electrons. The molecule has 0 aliphatic rings. The minimum absolute atomic E-state index is 0.195. The van der Waals surface area contributed by atoms with Gasteiger partial charge in [0.15, 0.2) is 4.90 Å². The molecular formula is C17H14Cl2N2O3S. The molecule has 25 heavy (non-hydrogen) atoms. The predicted molar refractivity (Wildman–Crippen MR) is 101 cm³/mol. The average molecular weight is 397 g/mol. The molecule has 0 spiro atoms. The molecule has 0 saturated heterocycles. The van der Waals surface area contributed by atoms with Crippen molar-refractivity contribution in [3.8, 4) is 0 Å². The number of fused-ring (bicyclic) bond motifs is 1. The van der Waals surface area contributed by atoms with E-state index in [9.17, 15) is 9.35 Å². The summed E-state index contributed by atoms with van der Waals surface area (Å²) in [5, 5.41) is 10.9. The number of aliphatic carboxylic acids is 1. The third-order valence-corrected chi connectivity index (χ3v) is 5.38. The monoisotopic (exact) mass is 396 g/mol. The molecule has 0 aliphatic heterocycles. The molecule has 5 nitrogen and oxygen atoms in total. The number of nitrogens with one attached hydrogen (secondary N) is 1. The second-order valence-electron chi connectivity index (χ2n) is 5.43. The molecule has 130 valence electrons. The predicted octanol–water partition coefficient (Wildman–Crippen LogP) is 4.48. The standard InChI is InChI=1S/C17H14Cl2N2O3S/c1-10-17(20-25(24)13-5-2-11(18)3-6-13)14-8-12(19)4-7-15(14)21(10)9-16(22)23/h2-8,20H,9H2,1H3,(H,22,23). The van der Waals surface area contributed by atoms with Crippen molar-refractivity contribution in [2.24, 2.45) is 0 Å². The van der Waals surface area contributed by atoms with Crippen LogP contribution in [0.3, 0.4) is 0 Å². The number of hydrogen-bond donors (Lipinski definition) is 2. The van der Waals surface area contributed by atoms with Crippen LogP contribution in [0.5, 0.6) is 0 Å². The fourth-order valence-electron chi connectivity index (χ4n) is 2.63. The summed E-state index contributed by atoms with van der Waals surface area (Å²) in [6.45, 7) is 1.58. The average Bonchev–Trinajstić information content (AvgIpc) is 2.80. The van der Waals surface area contributed by atoms with Gasteiger partial charge in [-0.05, 0) is 49.4 Å². The first kappa shape index (κ1) is 17.9. The number of nitrogens with zero attached hydrogens (tertiary/aromatic N) is 1. The summed E-state index contributed by atoms with van der Waals surface area (Å²) >= 11 is 10.4. The van der Waals surface area contributed by atoms with E-state index >= 15 is 0 Å². The lowest BCUT2D eigenvalue weighted by molar-refractivity contribution is -0.137. The Labute approximate surface area is 157 Å². The highest BCUT2D eigenvalue weighted by molar-refractivity contribution is 7.92. The van der Waals surface area contributed by atoms with Crippen LogP contribution in [0.25, 0.3) is 10.9 Å². The number of carboxylic acid groups (broad SMARTS) is 1. The zero-order valence-corrected chi connectivity index (χ0v) is 15.5. The normalized spacial score (nSPS) is 12.3. The first-order chi connectivity index (χ1) is 11.9. The first-order valence-electron chi connectivity index (χ1n) is 7.31. The van der Waals surface area contributed by atoms with E-state index in [-0.39, 0.29) is 6.54 Å². The van der Waals surface area contributed by atoms with Crippen molar-refractivity contribution in [3.63, 3.8) is 0 Å². The number of carboxylic acids is 1. The Balaban J connectivity index is 2.05. The summed E-state index contributed by atoms with van der Waals surface area (Å²) in [6.07, 6.45) is 0. The zero-order valence-electron chi connectivity index (χ0n) is 13.1. The summed E-state index contributed by atoms with van der Waals surface area (Å²) in [5.41, 5.74) is 1.97. The molecule has 0 aliphatic carbocycles. The van der Waals surface area contributed by atoms with Crippen LogP contribution in [0.4, 0.5) is 5.69 Å². The van der Waals surface area contributed by atoms with E-state index in [1.54, 1.807) is 54.0 Å². The van der Waals surface area contributed by atoms with Crippen molar-refractivity contribution in [2.75, 3.05) is 4.72 Å². The van der Waals surface area contributed by atoms with Gasteiger partial charge in [-0.3, -0.25) is 4.79 Å². The zero-order chi connectivity index (χ0) is 18.1. The summed E-state index contributed by atoms with van der Waals surface area (Å²) in [5.74, 6) is -0.958. The van der Waals surface area contributed by atoms with E-state index in [4.69, 9.17) is 28.3 Å². The molecule has 2 aromatic carbocycles. The lowest BCUT2D eigenvalue weighted by Gasteiger charge is -2.12. The van der Waals surface area contributed by atoms with Gasteiger partial charge in [0.05, 0.1) is 5.52 Å². The lowest BCUT2D eigenvalue weighted by atomic mass is 10.2. The van der Waals surface area contributed by atoms with Crippen LogP contribution in [-0.2, 0) is 22.7 Å². The van der Waals surface area contributed by atoms with Gasteiger partial charge < -0.3 is 14.2 Å². The van der Waals surface area contributed by atoms with Gasteiger partial charge >= 0.3 is 5.97 Å². The minimum Gasteiger partial charge on any atom is -0.588 e. The Bertz CT molecular complexity index is 941. The van der Waals surface area contributed by atoms with E-state index in [2.05, 4.69) is 4.72 Å². The van der Waals surface area contributed by atoms with Gasteiger partial charge in [0.2, 0.25) is 0 Å². The van der Waals surface area contributed by atoms with Gasteiger partial charge in [0, 0.05) is 21.1 Å². The number of anilines is 1. The van der Waals surface area contributed by atoms with Crippen LogP contribution in [0.2, 0.25) is 10.0 Å². The smallest absolute Gasteiger partial charge is 0.323 e. The highest BCUT2D eigenvalue weighted by atomic mass is 35.5. The molecule has 0 fully saturated rings. The highest BCUT2D eigenvalue weighted by Crippen LogP contribution is 2.34. The van der Waals surface area contributed by atoms with E-state index in [0.717, 1.165) is 0 Å². The number of rotatable bonds is 5. The number of halogens is 2. The molecule has 0 amide bonds. The van der Waals surface area contributed by atoms with Crippen LogP contribution >= 0.6 is 23.2 Å². The molecule has 1 heterocycles. The third kappa shape index (κ3) is 3.72. The molecule has 0 saturated carbocycles. The first-order valence-corrected chi connectivity index (χ1v) is 9.21. The maximum Gasteiger partial charge on any atom is 0.323 e. The van der Waals surface area contributed by atoms with Crippen LogP contribution in [0.1, 0.15) is 5.69 Å². The van der Waals surface area contributed by atoms with Crippen LogP contribution < -0.4 is 4.72 Å². The van der Waals surface area contributed by atoms with Crippen molar-refractivity contribution >= 4 is 57.1 Å². The second kappa shape index (κ2) is 7.17. The second-order valence-corrected chi connectivity index (χ2v) is 7.51. The fraction of sp³-hybridized carbons (Fsp3) is 0.118. The van der Waals surface area contributed by atoms with Gasteiger partial charge in [-0.2, -0.15) is 0 Å². The fourth-order valence-corrected chi connectivity index (χ4v) is 3.87. The third-order valence-electron chi connectivity index (χ3n) is 3.80. The van der Waals surface area contributed by atoms with Crippen molar-refractivity contribution in [2.45, 2.75) is 18.4 Å². The molecular weight excluding hydrogens is 383 g/mol. The number of aromatic nitrogens is 1. The van der Waals surface area contributed by atoms with Gasteiger partial charge in [0.25, 0.3) is 0 Å². The van der Waals surface area contributed by atoms with E-state index in [1.807, 2.05) is 0 Å². The van der Waals surface area contributed by atoms with Gasteiger partial charge in [-0.25, -0.2) is 4.72 Å². The largest absolute Gasteiger partial charge is 0.588 e. The Morgan fingerprint density at radius 1 is 1.20 bits per heavy atom. The lowest BCUT2D eigenvalue weighted by Crippen LogP contribution is -2.14. The summed E-state index contributed by atoms with van der Waals surface area (Å²) in [6, 6.07) is 11.8. The maximum atomic E-state index is 12.6. The van der Waals surface area contributed by atoms with Crippen molar-refractivity contribution in [1.82, 2.24) is 4.57 Å². The molecule has 2 N–H and O–H groups in total. The van der Waals surface area contributed by atoms with Gasteiger partial charge in [-0.15, -0.1) is 0 Å². The topological polar surface area (TPSA) is 77.3 Å². The Morgan fingerprint density at radius 3 is 2.48 bits per heavy atom. The van der Waals surface area contributed by atoms with Crippen LogP contribution in [0, 0.1) is 6.92 Å².